The number of hydrogen-bond acceptors (Lipinski definition) is 3. The summed E-state index contributed by atoms with van der Waals surface area (Å²) < 4.78 is 7.33. The average molecular weight is 239 g/mol. The van der Waals surface area contributed by atoms with Crippen molar-refractivity contribution in [3.05, 3.63) is 11.9 Å². The highest BCUT2D eigenvalue weighted by Crippen LogP contribution is 2.38. The molecular weight excluding hydrogens is 214 g/mol. The van der Waals surface area contributed by atoms with Crippen LogP contribution in [0, 0.1) is 5.41 Å². The van der Waals surface area contributed by atoms with Gasteiger partial charge in [-0.15, -0.1) is 0 Å². The van der Waals surface area contributed by atoms with Crippen LogP contribution in [0.25, 0.3) is 0 Å². The minimum atomic E-state index is -0.0765. The Bertz CT molecular complexity index is 369. The molecule has 0 aliphatic carbocycles. The Kier molecular flexibility index (Phi) is 4.20. The van der Waals surface area contributed by atoms with E-state index in [1.165, 1.54) is 0 Å². The van der Waals surface area contributed by atoms with Gasteiger partial charge in [0.25, 0.3) is 0 Å². The van der Waals surface area contributed by atoms with E-state index in [2.05, 4.69) is 39.7 Å². The van der Waals surface area contributed by atoms with Crippen LogP contribution in [0.4, 0.5) is 0 Å². The van der Waals surface area contributed by atoms with E-state index in [0.717, 1.165) is 17.9 Å². The van der Waals surface area contributed by atoms with Crippen molar-refractivity contribution in [2.75, 3.05) is 7.11 Å². The summed E-state index contributed by atoms with van der Waals surface area (Å²) in [6.45, 7) is 10.7. The molecule has 98 valence electrons. The predicted octanol–water partition coefficient (Wildman–Crippen LogP) is 2.91. The lowest BCUT2D eigenvalue weighted by molar-refractivity contribution is 0.255. The Morgan fingerprint density at radius 3 is 2.47 bits per heavy atom. The maximum Gasteiger partial charge on any atom is 0.161 e. The zero-order valence-corrected chi connectivity index (χ0v) is 11.8. The molecule has 4 heteroatoms. The number of ether oxygens (including phenoxy) is 1. The molecule has 0 bridgehead atoms. The fourth-order valence-corrected chi connectivity index (χ4v) is 1.81. The van der Waals surface area contributed by atoms with E-state index in [9.17, 15) is 0 Å². The molecule has 0 fully saturated rings. The molecule has 1 rings (SSSR count). The van der Waals surface area contributed by atoms with Gasteiger partial charge in [-0.1, -0.05) is 20.8 Å². The van der Waals surface area contributed by atoms with Crippen molar-refractivity contribution in [2.24, 2.45) is 11.1 Å². The van der Waals surface area contributed by atoms with Crippen LogP contribution >= 0.6 is 0 Å². The molecule has 0 amide bonds. The number of rotatable bonds is 5. The Morgan fingerprint density at radius 1 is 1.47 bits per heavy atom. The standard InChI is InChI=1S/C13H25N3O/c1-7-13(4,5)12(14)11-10(17-6)8-15-16(11)9(2)3/h8-9,12H,7,14H2,1-6H3. The van der Waals surface area contributed by atoms with Crippen LogP contribution in [0.2, 0.25) is 0 Å². The molecule has 1 atom stereocenters. The third kappa shape index (κ3) is 2.63. The summed E-state index contributed by atoms with van der Waals surface area (Å²) in [6, 6.07) is 0.208. The summed E-state index contributed by atoms with van der Waals surface area (Å²) >= 11 is 0. The van der Waals surface area contributed by atoms with Gasteiger partial charge < -0.3 is 10.5 Å². The fraction of sp³-hybridized carbons (Fsp3) is 0.769. The molecule has 1 aromatic heterocycles. The van der Waals surface area contributed by atoms with Gasteiger partial charge >= 0.3 is 0 Å². The smallest absolute Gasteiger partial charge is 0.161 e. The minimum Gasteiger partial charge on any atom is -0.493 e. The summed E-state index contributed by atoms with van der Waals surface area (Å²) in [5.41, 5.74) is 7.42. The van der Waals surface area contributed by atoms with Crippen molar-refractivity contribution in [3.63, 3.8) is 0 Å². The summed E-state index contributed by atoms with van der Waals surface area (Å²) in [7, 11) is 1.66. The molecule has 1 aromatic rings. The van der Waals surface area contributed by atoms with Gasteiger partial charge in [-0.25, -0.2) is 0 Å². The van der Waals surface area contributed by atoms with Crippen molar-refractivity contribution in [3.8, 4) is 5.75 Å². The van der Waals surface area contributed by atoms with E-state index in [4.69, 9.17) is 10.5 Å². The number of hydrogen-bond donors (Lipinski definition) is 1. The zero-order valence-electron chi connectivity index (χ0n) is 11.8. The first-order chi connectivity index (χ1) is 7.85. The molecule has 1 heterocycles. The lowest BCUT2D eigenvalue weighted by Gasteiger charge is -2.31. The number of methoxy groups -OCH3 is 1. The second-order valence-electron chi connectivity index (χ2n) is 5.46. The van der Waals surface area contributed by atoms with Gasteiger partial charge in [-0.3, -0.25) is 4.68 Å². The van der Waals surface area contributed by atoms with Gasteiger partial charge in [-0.2, -0.15) is 5.10 Å². The Hall–Kier alpha value is -1.03. The van der Waals surface area contributed by atoms with E-state index in [1.54, 1.807) is 13.3 Å². The van der Waals surface area contributed by atoms with Gasteiger partial charge in [-0.05, 0) is 25.7 Å². The van der Waals surface area contributed by atoms with Crippen LogP contribution in [0.1, 0.15) is 58.8 Å². The highest BCUT2D eigenvalue weighted by atomic mass is 16.5. The number of nitrogens with zero attached hydrogens (tertiary/aromatic N) is 2. The first-order valence-electron chi connectivity index (χ1n) is 6.22. The zero-order chi connectivity index (χ0) is 13.2. The molecule has 1 unspecified atom stereocenters. The summed E-state index contributed by atoms with van der Waals surface area (Å²) in [5.74, 6) is 0.785. The monoisotopic (exact) mass is 239 g/mol. The van der Waals surface area contributed by atoms with E-state index >= 15 is 0 Å². The van der Waals surface area contributed by atoms with E-state index in [1.807, 2.05) is 4.68 Å². The fourth-order valence-electron chi connectivity index (χ4n) is 1.81. The molecule has 0 aliphatic heterocycles. The normalized spacial score (nSPS) is 14.1. The molecule has 0 spiro atoms. The second kappa shape index (κ2) is 5.08. The third-order valence-corrected chi connectivity index (χ3v) is 3.56. The average Bonchev–Trinajstić information content (AvgIpc) is 2.71. The molecule has 2 N–H and O–H groups in total. The quantitative estimate of drug-likeness (QED) is 0.859. The van der Waals surface area contributed by atoms with Gasteiger partial charge in [0.05, 0.1) is 25.0 Å². The summed E-state index contributed by atoms with van der Waals surface area (Å²) in [5, 5.41) is 4.37. The van der Waals surface area contributed by atoms with Gasteiger partial charge in [0.15, 0.2) is 5.75 Å². The molecule has 17 heavy (non-hydrogen) atoms. The number of nitrogens with two attached hydrogens (primary N) is 1. The van der Waals surface area contributed by atoms with E-state index < -0.39 is 0 Å². The van der Waals surface area contributed by atoms with Crippen LogP contribution < -0.4 is 10.5 Å². The van der Waals surface area contributed by atoms with Crippen LogP contribution in [-0.2, 0) is 0 Å². The SMILES string of the molecule is CCC(C)(C)C(N)c1c(OC)cnn1C(C)C. The highest BCUT2D eigenvalue weighted by molar-refractivity contribution is 5.29. The molecule has 0 saturated carbocycles. The Labute approximate surface area is 104 Å². The second-order valence-corrected chi connectivity index (χ2v) is 5.46. The van der Waals surface area contributed by atoms with Crippen LogP contribution in [0.5, 0.6) is 5.75 Å². The van der Waals surface area contributed by atoms with Gasteiger partial charge in [0, 0.05) is 6.04 Å². The van der Waals surface area contributed by atoms with E-state index in [0.29, 0.717) is 0 Å². The van der Waals surface area contributed by atoms with Crippen molar-refractivity contribution >= 4 is 0 Å². The first-order valence-corrected chi connectivity index (χ1v) is 6.22. The largest absolute Gasteiger partial charge is 0.493 e. The maximum atomic E-state index is 6.40. The molecule has 0 aromatic carbocycles. The van der Waals surface area contributed by atoms with Gasteiger partial charge in [0.2, 0.25) is 0 Å². The molecule has 0 saturated heterocycles. The van der Waals surface area contributed by atoms with Crippen molar-refractivity contribution < 1.29 is 4.74 Å². The van der Waals surface area contributed by atoms with Crippen molar-refractivity contribution in [1.82, 2.24) is 9.78 Å². The Balaban J connectivity index is 3.23. The lowest BCUT2D eigenvalue weighted by atomic mass is 9.80. The topological polar surface area (TPSA) is 53.1 Å². The first kappa shape index (κ1) is 14.0. The van der Waals surface area contributed by atoms with Crippen molar-refractivity contribution in [2.45, 2.75) is 53.1 Å². The highest BCUT2D eigenvalue weighted by Gasteiger charge is 2.31. The lowest BCUT2D eigenvalue weighted by Crippen LogP contribution is -2.31. The van der Waals surface area contributed by atoms with Gasteiger partial charge in [0.1, 0.15) is 0 Å². The molecule has 0 aliphatic rings. The molecular formula is C13H25N3O. The third-order valence-electron chi connectivity index (χ3n) is 3.56. The molecule has 0 radical (unpaired) electrons. The van der Waals surface area contributed by atoms with Crippen molar-refractivity contribution in [1.29, 1.82) is 0 Å². The van der Waals surface area contributed by atoms with Crippen LogP contribution in [-0.4, -0.2) is 16.9 Å². The van der Waals surface area contributed by atoms with Crippen LogP contribution in [0.15, 0.2) is 6.20 Å². The summed E-state index contributed by atoms with van der Waals surface area (Å²) in [6.07, 6.45) is 2.77. The maximum absolute atomic E-state index is 6.40. The number of aromatic nitrogens is 2. The van der Waals surface area contributed by atoms with E-state index in [-0.39, 0.29) is 17.5 Å². The van der Waals surface area contributed by atoms with Crippen LogP contribution in [0.3, 0.4) is 0 Å². The molecule has 4 nitrogen and oxygen atoms in total. The summed E-state index contributed by atoms with van der Waals surface area (Å²) in [4.78, 5) is 0. The predicted molar refractivity (Wildman–Crippen MR) is 70.2 cm³/mol. The Morgan fingerprint density at radius 2 is 2.06 bits per heavy atom. The minimum absolute atomic E-state index is 0.0277.